The first-order valence-corrected chi connectivity index (χ1v) is 5.73. The third-order valence-electron chi connectivity index (χ3n) is 2.19. The molecule has 5 nitrogen and oxygen atoms in total. The van der Waals surface area contributed by atoms with Gasteiger partial charge in [0.2, 0.25) is 17.7 Å². The SMILES string of the molecule is C=C(Br)CNC(=O)CCN1C(=O)CCC1=O. The summed E-state index contributed by atoms with van der Waals surface area (Å²) in [5, 5.41) is 2.60. The second kappa shape index (κ2) is 5.79. The van der Waals surface area contributed by atoms with Gasteiger partial charge in [-0.15, -0.1) is 0 Å². The highest BCUT2D eigenvalue weighted by atomic mass is 79.9. The van der Waals surface area contributed by atoms with Crippen LogP contribution >= 0.6 is 15.9 Å². The van der Waals surface area contributed by atoms with Crippen LogP contribution in [0, 0.1) is 0 Å². The fraction of sp³-hybridized carbons (Fsp3) is 0.500. The van der Waals surface area contributed by atoms with Crippen molar-refractivity contribution in [1.82, 2.24) is 10.2 Å². The van der Waals surface area contributed by atoms with Crippen LogP contribution in [0.5, 0.6) is 0 Å². The Morgan fingerprint density at radius 2 is 1.94 bits per heavy atom. The number of imide groups is 1. The largest absolute Gasteiger partial charge is 0.351 e. The number of nitrogens with one attached hydrogen (secondary N) is 1. The maximum Gasteiger partial charge on any atom is 0.229 e. The molecule has 1 aliphatic heterocycles. The molecule has 1 heterocycles. The van der Waals surface area contributed by atoms with Gasteiger partial charge < -0.3 is 5.32 Å². The Labute approximate surface area is 102 Å². The van der Waals surface area contributed by atoms with E-state index in [-0.39, 0.29) is 43.5 Å². The summed E-state index contributed by atoms with van der Waals surface area (Å²) in [6.07, 6.45) is 0.662. The first kappa shape index (κ1) is 12.9. The van der Waals surface area contributed by atoms with E-state index >= 15 is 0 Å². The Kier molecular flexibility index (Phi) is 4.67. The highest BCUT2D eigenvalue weighted by Crippen LogP contribution is 2.11. The van der Waals surface area contributed by atoms with Crippen LogP contribution in [0.25, 0.3) is 0 Å². The zero-order valence-corrected chi connectivity index (χ0v) is 10.4. The van der Waals surface area contributed by atoms with Crippen molar-refractivity contribution in [3.63, 3.8) is 0 Å². The smallest absolute Gasteiger partial charge is 0.229 e. The van der Waals surface area contributed by atoms with Crippen molar-refractivity contribution >= 4 is 33.7 Å². The van der Waals surface area contributed by atoms with Crippen LogP contribution in [0.15, 0.2) is 11.1 Å². The maximum absolute atomic E-state index is 11.3. The molecule has 16 heavy (non-hydrogen) atoms. The van der Waals surface area contributed by atoms with Crippen LogP contribution in [0.1, 0.15) is 19.3 Å². The number of hydrogen-bond donors (Lipinski definition) is 1. The fourth-order valence-electron chi connectivity index (χ4n) is 1.37. The number of nitrogens with zero attached hydrogens (tertiary/aromatic N) is 1. The topological polar surface area (TPSA) is 66.5 Å². The molecule has 1 N–H and O–H groups in total. The average molecular weight is 289 g/mol. The minimum atomic E-state index is -0.201. The van der Waals surface area contributed by atoms with Gasteiger partial charge in [0.15, 0.2) is 0 Å². The quantitative estimate of drug-likeness (QED) is 0.752. The predicted molar refractivity (Wildman–Crippen MR) is 61.6 cm³/mol. The molecule has 0 aromatic carbocycles. The predicted octanol–water partition coefficient (Wildman–Crippen LogP) is 0.550. The van der Waals surface area contributed by atoms with Gasteiger partial charge >= 0.3 is 0 Å². The average Bonchev–Trinajstić information content (AvgIpc) is 2.53. The summed E-state index contributed by atoms with van der Waals surface area (Å²) in [4.78, 5) is 34.9. The van der Waals surface area contributed by atoms with Crippen molar-refractivity contribution in [2.75, 3.05) is 13.1 Å². The molecule has 0 unspecified atom stereocenters. The monoisotopic (exact) mass is 288 g/mol. The molecule has 1 aliphatic rings. The van der Waals surface area contributed by atoms with Gasteiger partial charge in [0, 0.05) is 36.8 Å². The Morgan fingerprint density at radius 3 is 2.44 bits per heavy atom. The molecule has 0 radical (unpaired) electrons. The van der Waals surface area contributed by atoms with E-state index in [0.29, 0.717) is 11.0 Å². The van der Waals surface area contributed by atoms with Crippen LogP contribution in [0.3, 0.4) is 0 Å². The van der Waals surface area contributed by atoms with E-state index in [2.05, 4.69) is 27.8 Å². The van der Waals surface area contributed by atoms with Crippen molar-refractivity contribution in [3.8, 4) is 0 Å². The number of likely N-dealkylation sites (tertiary alicyclic amines) is 1. The molecule has 0 atom stereocenters. The lowest BCUT2D eigenvalue weighted by Crippen LogP contribution is -2.34. The highest BCUT2D eigenvalue weighted by molar-refractivity contribution is 9.11. The van der Waals surface area contributed by atoms with Gasteiger partial charge in [-0.25, -0.2) is 0 Å². The van der Waals surface area contributed by atoms with E-state index in [1.54, 1.807) is 0 Å². The number of carbonyl (C=O) groups is 3. The summed E-state index contributed by atoms with van der Waals surface area (Å²) in [7, 11) is 0. The molecule has 0 saturated carbocycles. The van der Waals surface area contributed by atoms with Gasteiger partial charge in [-0.1, -0.05) is 22.5 Å². The molecule has 1 fully saturated rings. The summed E-state index contributed by atoms with van der Waals surface area (Å²) in [5.41, 5.74) is 0. The zero-order valence-electron chi connectivity index (χ0n) is 8.79. The lowest BCUT2D eigenvalue weighted by molar-refractivity contribution is -0.138. The van der Waals surface area contributed by atoms with Crippen molar-refractivity contribution in [2.24, 2.45) is 0 Å². The standard InChI is InChI=1S/C10H13BrN2O3/c1-7(11)6-12-8(14)4-5-13-9(15)2-3-10(13)16/h1-6H2,(H,12,14). The summed E-state index contributed by atoms with van der Waals surface area (Å²) >= 11 is 3.11. The van der Waals surface area contributed by atoms with E-state index in [1.165, 1.54) is 0 Å². The molecule has 0 aromatic rings. The highest BCUT2D eigenvalue weighted by Gasteiger charge is 2.28. The Balaban J connectivity index is 2.28. The van der Waals surface area contributed by atoms with Gasteiger partial charge in [0.25, 0.3) is 0 Å². The minimum Gasteiger partial charge on any atom is -0.351 e. The fourth-order valence-corrected chi connectivity index (χ4v) is 1.51. The summed E-state index contributed by atoms with van der Waals surface area (Å²) in [6.45, 7) is 4.08. The molecule has 1 rings (SSSR count). The van der Waals surface area contributed by atoms with E-state index in [0.717, 1.165) is 4.90 Å². The Bertz CT molecular complexity index is 325. The molecule has 6 heteroatoms. The lowest BCUT2D eigenvalue weighted by Gasteiger charge is -2.13. The van der Waals surface area contributed by atoms with E-state index in [9.17, 15) is 14.4 Å². The molecule has 3 amide bonds. The summed E-state index contributed by atoms with van der Waals surface area (Å²) < 4.78 is 0.675. The molecule has 0 bridgehead atoms. The van der Waals surface area contributed by atoms with Gasteiger partial charge in [-0.05, 0) is 0 Å². The second-order valence-electron chi connectivity index (χ2n) is 3.48. The summed E-state index contributed by atoms with van der Waals surface area (Å²) in [6, 6.07) is 0. The van der Waals surface area contributed by atoms with E-state index < -0.39 is 0 Å². The van der Waals surface area contributed by atoms with Gasteiger partial charge in [-0.3, -0.25) is 19.3 Å². The van der Waals surface area contributed by atoms with Crippen LogP contribution < -0.4 is 5.32 Å². The van der Waals surface area contributed by atoms with Crippen LogP contribution in [-0.2, 0) is 14.4 Å². The third kappa shape index (κ3) is 3.77. The van der Waals surface area contributed by atoms with Crippen molar-refractivity contribution in [2.45, 2.75) is 19.3 Å². The number of halogens is 1. The molecule has 0 spiro atoms. The van der Waals surface area contributed by atoms with Crippen molar-refractivity contribution in [3.05, 3.63) is 11.1 Å². The number of amides is 3. The van der Waals surface area contributed by atoms with Crippen molar-refractivity contribution in [1.29, 1.82) is 0 Å². The Morgan fingerprint density at radius 1 is 1.38 bits per heavy atom. The molecular weight excluding hydrogens is 276 g/mol. The first-order valence-electron chi connectivity index (χ1n) is 4.94. The Hall–Kier alpha value is -1.17. The third-order valence-corrected chi connectivity index (χ3v) is 2.48. The number of carbonyl (C=O) groups excluding carboxylic acids is 3. The summed E-state index contributed by atoms with van der Waals surface area (Å²) in [5.74, 6) is -0.585. The molecule has 1 saturated heterocycles. The molecule has 88 valence electrons. The minimum absolute atomic E-state index is 0.137. The maximum atomic E-state index is 11.3. The normalized spacial score (nSPS) is 15.4. The van der Waals surface area contributed by atoms with E-state index in [1.807, 2.05) is 0 Å². The zero-order chi connectivity index (χ0) is 12.1. The van der Waals surface area contributed by atoms with Crippen LogP contribution in [-0.4, -0.2) is 35.7 Å². The van der Waals surface area contributed by atoms with Crippen LogP contribution in [0.2, 0.25) is 0 Å². The molecule has 0 aliphatic carbocycles. The molecular formula is C10H13BrN2O3. The number of hydrogen-bond acceptors (Lipinski definition) is 3. The van der Waals surface area contributed by atoms with E-state index in [4.69, 9.17) is 0 Å². The van der Waals surface area contributed by atoms with Crippen molar-refractivity contribution < 1.29 is 14.4 Å². The molecule has 0 aromatic heterocycles. The van der Waals surface area contributed by atoms with Crippen LogP contribution in [0.4, 0.5) is 0 Å². The second-order valence-corrected chi connectivity index (χ2v) is 4.60. The van der Waals surface area contributed by atoms with Gasteiger partial charge in [0.1, 0.15) is 0 Å². The number of rotatable bonds is 5. The first-order chi connectivity index (χ1) is 7.50. The van der Waals surface area contributed by atoms with Gasteiger partial charge in [0.05, 0.1) is 0 Å². The van der Waals surface area contributed by atoms with Gasteiger partial charge in [-0.2, -0.15) is 0 Å². The lowest BCUT2D eigenvalue weighted by atomic mass is 10.3.